The van der Waals surface area contributed by atoms with Crippen molar-refractivity contribution in [2.45, 2.75) is 18.9 Å². The monoisotopic (exact) mass is 183 g/mol. The largest absolute Gasteiger partial charge is 0.345 e. The van der Waals surface area contributed by atoms with Crippen molar-refractivity contribution in [3.63, 3.8) is 0 Å². The number of nitrogens with zero attached hydrogens (tertiary/aromatic N) is 1. The van der Waals surface area contributed by atoms with Crippen LogP contribution in [0.15, 0.2) is 6.20 Å². The predicted octanol–water partition coefficient (Wildman–Crippen LogP) is 1.09. The molecule has 0 saturated carbocycles. The van der Waals surface area contributed by atoms with Gasteiger partial charge in [0, 0.05) is 23.6 Å². The molecule has 0 bridgehead atoms. The number of aromatic nitrogens is 2. The van der Waals surface area contributed by atoms with Crippen molar-refractivity contribution in [3.05, 3.63) is 17.7 Å². The van der Waals surface area contributed by atoms with E-state index in [0.717, 1.165) is 5.82 Å². The Hall–Kier alpha value is -0.480. The Balaban J connectivity index is 2.11. The van der Waals surface area contributed by atoms with Gasteiger partial charge in [0.25, 0.3) is 0 Å². The van der Waals surface area contributed by atoms with Crippen LogP contribution in [0.1, 0.15) is 23.9 Å². The van der Waals surface area contributed by atoms with Crippen LogP contribution < -0.4 is 5.73 Å². The summed E-state index contributed by atoms with van der Waals surface area (Å²) in [6.07, 6.45) is 3.20. The molecule has 1 aliphatic heterocycles. The second kappa shape index (κ2) is 3.49. The molecule has 0 spiro atoms. The Morgan fingerprint density at radius 2 is 2.67 bits per heavy atom. The number of hydrogen-bond acceptors (Lipinski definition) is 3. The van der Waals surface area contributed by atoms with Crippen molar-refractivity contribution in [1.29, 1.82) is 0 Å². The normalized spacial score (nSPS) is 23.2. The number of hydrogen-bond donors (Lipinski definition) is 2. The highest BCUT2D eigenvalue weighted by molar-refractivity contribution is 7.99. The lowest BCUT2D eigenvalue weighted by atomic mass is 10.1. The molecule has 3 nitrogen and oxygen atoms in total. The third-order valence-electron chi connectivity index (χ3n) is 2.21. The molecule has 1 fully saturated rings. The minimum atomic E-state index is 0.514. The summed E-state index contributed by atoms with van der Waals surface area (Å²) in [6, 6.07) is 0. The Morgan fingerprint density at radius 3 is 3.25 bits per heavy atom. The van der Waals surface area contributed by atoms with Crippen LogP contribution in [-0.2, 0) is 6.54 Å². The number of thioether (sulfide) groups is 1. The average molecular weight is 183 g/mol. The van der Waals surface area contributed by atoms with E-state index in [-0.39, 0.29) is 0 Å². The quantitative estimate of drug-likeness (QED) is 0.721. The fourth-order valence-electron chi connectivity index (χ4n) is 1.47. The Morgan fingerprint density at radius 1 is 1.75 bits per heavy atom. The zero-order valence-corrected chi connectivity index (χ0v) is 7.73. The van der Waals surface area contributed by atoms with Crippen LogP contribution in [0.2, 0.25) is 0 Å². The molecular formula is C8H13N3S. The summed E-state index contributed by atoms with van der Waals surface area (Å²) >= 11 is 2.01. The van der Waals surface area contributed by atoms with Gasteiger partial charge in [-0.05, 0) is 12.2 Å². The van der Waals surface area contributed by atoms with Gasteiger partial charge in [0.1, 0.15) is 5.82 Å². The smallest absolute Gasteiger partial charge is 0.120 e. The second-order valence-electron chi connectivity index (χ2n) is 3.05. The summed E-state index contributed by atoms with van der Waals surface area (Å²) in [7, 11) is 0. The van der Waals surface area contributed by atoms with Crippen LogP contribution in [0.3, 0.4) is 0 Å². The fourth-order valence-corrected chi connectivity index (χ4v) is 2.72. The highest BCUT2D eigenvalue weighted by Gasteiger charge is 2.18. The van der Waals surface area contributed by atoms with Gasteiger partial charge in [-0.1, -0.05) is 0 Å². The van der Waals surface area contributed by atoms with Gasteiger partial charge in [0.05, 0.1) is 6.54 Å². The van der Waals surface area contributed by atoms with E-state index in [1.165, 1.54) is 23.6 Å². The summed E-state index contributed by atoms with van der Waals surface area (Å²) < 4.78 is 0. The molecule has 3 N–H and O–H groups in total. The van der Waals surface area contributed by atoms with Crippen molar-refractivity contribution >= 4 is 11.8 Å². The molecule has 1 aliphatic rings. The van der Waals surface area contributed by atoms with Crippen molar-refractivity contribution in [2.24, 2.45) is 5.73 Å². The average Bonchev–Trinajstić information content (AvgIpc) is 2.75. The molecule has 1 aromatic heterocycles. The first-order chi connectivity index (χ1) is 5.90. The number of H-pyrrole nitrogens is 1. The van der Waals surface area contributed by atoms with E-state index >= 15 is 0 Å². The predicted molar refractivity (Wildman–Crippen MR) is 51.2 cm³/mol. The molecule has 2 rings (SSSR count). The molecule has 66 valence electrons. The maximum atomic E-state index is 5.46. The Kier molecular flexibility index (Phi) is 2.37. The van der Waals surface area contributed by atoms with Crippen molar-refractivity contribution in [3.8, 4) is 0 Å². The van der Waals surface area contributed by atoms with Gasteiger partial charge in [0.2, 0.25) is 0 Å². The molecule has 1 aromatic rings. The van der Waals surface area contributed by atoms with Crippen LogP contribution in [0, 0.1) is 0 Å². The van der Waals surface area contributed by atoms with Gasteiger partial charge in [-0.25, -0.2) is 4.98 Å². The molecule has 0 aromatic carbocycles. The maximum absolute atomic E-state index is 5.46. The van der Waals surface area contributed by atoms with Crippen molar-refractivity contribution in [2.75, 3.05) is 11.5 Å². The maximum Gasteiger partial charge on any atom is 0.120 e. The second-order valence-corrected chi connectivity index (χ2v) is 4.20. The van der Waals surface area contributed by atoms with E-state index in [1.807, 2.05) is 18.0 Å². The SMILES string of the molecule is NCc1ncc(C2CCSC2)[nH]1. The highest BCUT2D eigenvalue weighted by Crippen LogP contribution is 2.30. The first-order valence-corrected chi connectivity index (χ1v) is 5.37. The topological polar surface area (TPSA) is 54.7 Å². The van der Waals surface area contributed by atoms with Gasteiger partial charge in [-0.15, -0.1) is 0 Å². The van der Waals surface area contributed by atoms with Crippen LogP contribution in [0.4, 0.5) is 0 Å². The van der Waals surface area contributed by atoms with E-state index in [1.54, 1.807) is 0 Å². The molecule has 1 atom stereocenters. The summed E-state index contributed by atoms with van der Waals surface area (Å²) in [5.74, 6) is 4.10. The summed E-state index contributed by atoms with van der Waals surface area (Å²) in [6.45, 7) is 0.514. The molecule has 2 heterocycles. The summed E-state index contributed by atoms with van der Waals surface area (Å²) in [4.78, 5) is 7.44. The van der Waals surface area contributed by atoms with Gasteiger partial charge in [-0.2, -0.15) is 11.8 Å². The number of imidazole rings is 1. The molecule has 1 unspecified atom stereocenters. The standard InChI is InChI=1S/C8H13N3S/c9-3-8-10-4-7(11-8)6-1-2-12-5-6/h4,6H,1-3,5,9H2,(H,10,11). The molecule has 12 heavy (non-hydrogen) atoms. The molecule has 0 amide bonds. The molecule has 0 aliphatic carbocycles. The minimum absolute atomic E-state index is 0.514. The van der Waals surface area contributed by atoms with Crippen LogP contribution in [0.25, 0.3) is 0 Å². The van der Waals surface area contributed by atoms with Gasteiger partial charge >= 0.3 is 0 Å². The molecule has 1 saturated heterocycles. The molecular weight excluding hydrogens is 170 g/mol. The van der Waals surface area contributed by atoms with Gasteiger partial charge in [0.15, 0.2) is 0 Å². The van der Waals surface area contributed by atoms with Crippen molar-refractivity contribution < 1.29 is 0 Å². The first-order valence-electron chi connectivity index (χ1n) is 4.21. The third-order valence-corrected chi connectivity index (χ3v) is 3.37. The zero-order chi connectivity index (χ0) is 8.39. The van der Waals surface area contributed by atoms with Crippen LogP contribution in [-0.4, -0.2) is 21.5 Å². The molecule has 0 radical (unpaired) electrons. The third kappa shape index (κ3) is 1.49. The van der Waals surface area contributed by atoms with Crippen LogP contribution in [0.5, 0.6) is 0 Å². The number of rotatable bonds is 2. The molecule has 4 heteroatoms. The van der Waals surface area contributed by atoms with E-state index in [0.29, 0.717) is 12.5 Å². The lowest BCUT2D eigenvalue weighted by Crippen LogP contribution is -2.00. The van der Waals surface area contributed by atoms with E-state index in [2.05, 4.69) is 9.97 Å². The number of nitrogens with two attached hydrogens (primary N) is 1. The Labute approximate surface area is 76.1 Å². The van der Waals surface area contributed by atoms with E-state index in [9.17, 15) is 0 Å². The number of aromatic amines is 1. The lowest BCUT2D eigenvalue weighted by molar-refractivity contribution is 0.753. The summed E-state index contributed by atoms with van der Waals surface area (Å²) in [5, 5.41) is 0. The van der Waals surface area contributed by atoms with Crippen LogP contribution >= 0.6 is 11.8 Å². The van der Waals surface area contributed by atoms with E-state index in [4.69, 9.17) is 5.73 Å². The highest BCUT2D eigenvalue weighted by atomic mass is 32.2. The van der Waals surface area contributed by atoms with Gasteiger partial charge < -0.3 is 10.7 Å². The van der Waals surface area contributed by atoms with E-state index < -0.39 is 0 Å². The minimum Gasteiger partial charge on any atom is -0.345 e. The fraction of sp³-hybridized carbons (Fsp3) is 0.625. The number of nitrogens with one attached hydrogen (secondary N) is 1. The summed E-state index contributed by atoms with van der Waals surface area (Å²) in [5.41, 5.74) is 6.73. The lowest BCUT2D eigenvalue weighted by Gasteiger charge is -2.02. The first kappa shape index (κ1) is 8.13. The van der Waals surface area contributed by atoms with Gasteiger partial charge in [-0.3, -0.25) is 0 Å². The Bertz CT molecular complexity index is 253. The van der Waals surface area contributed by atoms with Crippen molar-refractivity contribution in [1.82, 2.24) is 9.97 Å². The zero-order valence-electron chi connectivity index (χ0n) is 6.92.